The van der Waals surface area contributed by atoms with Gasteiger partial charge in [-0.3, -0.25) is 18.4 Å². The van der Waals surface area contributed by atoms with Crippen molar-refractivity contribution in [2.24, 2.45) is 28.2 Å². The molecular formula is C24H21FN8O. The predicted molar refractivity (Wildman–Crippen MR) is 127 cm³/mol. The highest BCUT2D eigenvalue weighted by atomic mass is 19.1. The Balaban J connectivity index is 1.67. The summed E-state index contributed by atoms with van der Waals surface area (Å²) in [6.07, 6.45) is 6.83. The summed E-state index contributed by atoms with van der Waals surface area (Å²) in [5.41, 5.74) is 5.38. The van der Waals surface area contributed by atoms with Gasteiger partial charge in [0, 0.05) is 57.3 Å². The fraction of sp³-hybridized carbons (Fsp3) is 0.167. The maximum atomic E-state index is 15.4. The minimum Gasteiger partial charge on any atom is -0.331 e. The van der Waals surface area contributed by atoms with E-state index in [1.165, 1.54) is 6.07 Å². The number of rotatable bonds is 3. The third kappa shape index (κ3) is 2.78. The fourth-order valence-corrected chi connectivity index (χ4v) is 4.52. The molecule has 6 rings (SSSR count). The van der Waals surface area contributed by atoms with Crippen LogP contribution in [-0.2, 0) is 28.2 Å². The number of imidazole rings is 3. The molecule has 0 spiro atoms. The van der Waals surface area contributed by atoms with Crippen molar-refractivity contribution in [2.75, 3.05) is 0 Å². The van der Waals surface area contributed by atoms with Gasteiger partial charge in [0.15, 0.2) is 5.82 Å². The summed E-state index contributed by atoms with van der Waals surface area (Å²) in [5.74, 6) is 0.254. The Morgan fingerprint density at radius 1 is 0.912 bits per heavy atom. The van der Waals surface area contributed by atoms with Crippen molar-refractivity contribution < 1.29 is 4.39 Å². The molecular weight excluding hydrogens is 435 g/mol. The molecule has 0 unspecified atom stereocenters. The molecule has 0 N–H and O–H groups in total. The van der Waals surface area contributed by atoms with Crippen LogP contribution in [0.5, 0.6) is 0 Å². The molecule has 0 atom stereocenters. The summed E-state index contributed by atoms with van der Waals surface area (Å²) in [5, 5.41) is 4.17. The average molecular weight is 456 g/mol. The summed E-state index contributed by atoms with van der Waals surface area (Å²) in [4.78, 5) is 21.6. The molecule has 0 saturated carbocycles. The summed E-state index contributed by atoms with van der Waals surface area (Å²) in [6, 6.07) is 8.97. The monoisotopic (exact) mass is 456 g/mol. The first kappa shape index (κ1) is 20.2. The van der Waals surface area contributed by atoms with Crippen LogP contribution in [-0.4, -0.2) is 38.0 Å². The molecule has 34 heavy (non-hydrogen) atoms. The second-order valence-electron chi connectivity index (χ2n) is 8.46. The predicted octanol–water partition coefficient (Wildman–Crippen LogP) is 3.16. The van der Waals surface area contributed by atoms with E-state index in [-0.39, 0.29) is 11.5 Å². The van der Waals surface area contributed by atoms with E-state index in [1.54, 1.807) is 65.9 Å². The molecule has 170 valence electrons. The normalized spacial score (nSPS) is 11.8. The largest absolute Gasteiger partial charge is 0.331 e. The standard InChI is InChI=1S/C24H21FN8O/c1-29-13-26-11-22(29)23-28-18-8-16(14-10-27-30(2)12-14)17(25)9-20(18)33(23)15-5-6-19-21(7-15)32(4)24(34)31(19)3/h5-13H,1-4H3. The van der Waals surface area contributed by atoms with Gasteiger partial charge in [0.05, 0.1) is 40.8 Å². The van der Waals surface area contributed by atoms with Crippen LogP contribution >= 0.6 is 0 Å². The second-order valence-corrected chi connectivity index (χ2v) is 8.46. The van der Waals surface area contributed by atoms with E-state index >= 15 is 4.39 Å². The van der Waals surface area contributed by atoms with Gasteiger partial charge in [-0.05, 0) is 24.3 Å². The highest BCUT2D eigenvalue weighted by molar-refractivity contribution is 5.88. The number of benzene rings is 2. The molecule has 0 radical (unpaired) electrons. The lowest BCUT2D eigenvalue weighted by molar-refractivity contribution is 0.632. The van der Waals surface area contributed by atoms with Crippen LogP contribution in [0.2, 0.25) is 0 Å². The molecule has 10 heteroatoms. The Morgan fingerprint density at radius 2 is 1.71 bits per heavy atom. The number of nitrogens with zero attached hydrogens (tertiary/aromatic N) is 8. The Morgan fingerprint density at radius 3 is 2.41 bits per heavy atom. The Bertz CT molecular complexity index is 1800. The zero-order valence-electron chi connectivity index (χ0n) is 19.1. The van der Waals surface area contributed by atoms with Crippen LogP contribution in [0.3, 0.4) is 0 Å². The first-order valence-electron chi connectivity index (χ1n) is 10.7. The van der Waals surface area contributed by atoms with Crippen LogP contribution in [0.1, 0.15) is 0 Å². The molecule has 0 aliphatic carbocycles. The number of hydrogen-bond acceptors (Lipinski definition) is 4. The molecule has 0 aliphatic heterocycles. The maximum absolute atomic E-state index is 15.4. The van der Waals surface area contributed by atoms with E-state index in [1.807, 2.05) is 34.4 Å². The second kappa shape index (κ2) is 7.01. The average Bonchev–Trinajstić information content (AvgIpc) is 3.57. The number of hydrogen-bond donors (Lipinski definition) is 0. The van der Waals surface area contributed by atoms with Crippen LogP contribution in [0.4, 0.5) is 4.39 Å². The SMILES string of the molecule is Cn1cc(-c2cc3nc(-c4cncn4C)n(-c4ccc5c(c4)n(C)c(=O)n5C)c3cc2F)cn1. The maximum Gasteiger partial charge on any atom is 0.328 e. The summed E-state index contributed by atoms with van der Waals surface area (Å²) in [7, 11) is 7.16. The van der Waals surface area contributed by atoms with Gasteiger partial charge in [0.25, 0.3) is 0 Å². The third-order valence-electron chi connectivity index (χ3n) is 6.32. The molecule has 0 aliphatic rings. The van der Waals surface area contributed by atoms with E-state index in [0.717, 1.165) is 22.4 Å². The van der Waals surface area contributed by atoms with Crippen molar-refractivity contribution in [1.29, 1.82) is 0 Å². The minimum atomic E-state index is -0.369. The van der Waals surface area contributed by atoms with E-state index in [2.05, 4.69) is 10.1 Å². The van der Waals surface area contributed by atoms with Crippen molar-refractivity contribution >= 4 is 22.1 Å². The van der Waals surface area contributed by atoms with Gasteiger partial charge >= 0.3 is 5.69 Å². The van der Waals surface area contributed by atoms with Crippen LogP contribution < -0.4 is 5.69 Å². The molecule has 0 amide bonds. The van der Waals surface area contributed by atoms with Gasteiger partial charge in [0.2, 0.25) is 0 Å². The third-order valence-corrected chi connectivity index (χ3v) is 6.32. The fourth-order valence-electron chi connectivity index (χ4n) is 4.52. The van der Waals surface area contributed by atoms with Gasteiger partial charge in [0.1, 0.15) is 11.5 Å². The molecule has 0 bridgehead atoms. The lowest BCUT2D eigenvalue weighted by Gasteiger charge is -2.11. The lowest BCUT2D eigenvalue weighted by Crippen LogP contribution is -2.19. The first-order valence-corrected chi connectivity index (χ1v) is 10.7. The van der Waals surface area contributed by atoms with E-state index in [0.29, 0.717) is 28.0 Å². The topological polar surface area (TPSA) is 80.4 Å². The molecule has 9 nitrogen and oxygen atoms in total. The van der Waals surface area contributed by atoms with Crippen molar-refractivity contribution in [3.05, 3.63) is 71.6 Å². The summed E-state index contributed by atoms with van der Waals surface area (Å²) < 4.78 is 24.0. The molecule has 0 saturated heterocycles. The number of aryl methyl sites for hydroxylation is 4. The van der Waals surface area contributed by atoms with Gasteiger partial charge < -0.3 is 4.57 Å². The van der Waals surface area contributed by atoms with Crippen LogP contribution in [0.15, 0.2) is 60.0 Å². The zero-order chi connectivity index (χ0) is 23.7. The van der Waals surface area contributed by atoms with E-state index < -0.39 is 0 Å². The molecule has 4 aromatic heterocycles. The molecule has 2 aromatic carbocycles. The van der Waals surface area contributed by atoms with Crippen molar-refractivity contribution in [1.82, 2.24) is 38.0 Å². The van der Waals surface area contributed by atoms with Gasteiger partial charge in [-0.2, -0.15) is 5.10 Å². The zero-order valence-corrected chi connectivity index (χ0v) is 19.1. The van der Waals surface area contributed by atoms with E-state index in [9.17, 15) is 4.79 Å². The quantitative estimate of drug-likeness (QED) is 0.410. The Kier molecular flexibility index (Phi) is 4.16. The Hall–Kier alpha value is -4.47. The van der Waals surface area contributed by atoms with Crippen LogP contribution in [0.25, 0.3) is 50.4 Å². The number of halogens is 1. The number of aromatic nitrogens is 8. The first-order chi connectivity index (χ1) is 16.3. The van der Waals surface area contributed by atoms with Crippen molar-refractivity contribution in [3.63, 3.8) is 0 Å². The van der Waals surface area contributed by atoms with Crippen molar-refractivity contribution in [3.8, 4) is 28.3 Å². The summed E-state index contributed by atoms with van der Waals surface area (Å²) >= 11 is 0. The van der Waals surface area contributed by atoms with Crippen molar-refractivity contribution in [2.45, 2.75) is 0 Å². The highest BCUT2D eigenvalue weighted by Crippen LogP contribution is 2.33. The molecule has 4 heterocycles. The molecule has 0 fully saturated rings. The summed E-state index contributed by atoms with van der Waals surface area (Å²) in [6.45, 7) is 0. The Labute approximate surface area is 192 Å². The van der Waals surface area contributed by atoms with Gasteiger partial charge in [-0.25, -0.2) is 19.2 Å². The minimum absolute atomic E-state index is 0.110. The smallest absolute Gasteiger partial charge is 0.328 e. The molecule has 6 aromatic rings. The number of fused-ring (bicyclic) bond motifs is 2. The lowest BCUT2D eigenvalue weighted by atomic mass is 10.1. The van der Waals surface area contributed by atoms with Crippen LogP contribution in [0, 0.1) is 5.82 Å². The van der Waals surface area contributed by atoms with Gasteiger partial charge in [-0.15, -0.1) is 0 Å². The highest BCUT2D eigenvalue weighted by Gasteiger charge is 2.21. The van der Waals surface area contributed by atoms with E-state index in [4.69, 9.17) is 4.98 Å². The van der Waals surface area contributed by atoms with Gasteiger partial charge in [-0.1, -0.05) is 0 Å².